The van der Waals surface area contributed by atoms with Gasteiger partial charge >= 0.3 is 5.97 Å². The summed E-state index contributed by atoms with van der Waals surface area (Å²) < 4.78 is 44.4. The molecule has 0 aromatic heterocycles. The van der Waals surface area contributed by atoms with Crippen LogP contribution in [0.2, 0.25) is 0 Å². The van der Waals surface area contributed by atoms with Crippen LogP contribution in [-0.2, 0) is 9.53 Å². The van der Waals surface area contributed by atoms with Crippen molar-refractivity contribution >= 4 is 17.6 Å². The van der Waals surface area contributed by atoms with Gasteiger partial charge in [0.25, 0.3) is 5.91 Å². The number of ether oxygens (including phenoxy) is 1. The van der Waals surface area contributed by atoms with E-state index in [1.807, 2.05) is 5.32 Å². The van der Waals surface area contributed by atoms with Crippen LogP contribution in [0.5, 0.6) is 5.75 Å². The quantitative estimate of drug-likeness (QED) is 0.653. The van der Waals surface area contributed by atoms with Crippen molar-refractivity contribution in [2.75, 3.05) is 5.32 Å². The molecule has 0 fully saturated rings. The summed E-state index contributed by atoms with van der Waals surface area (Å²) in [5, 5.41) is 11.8. The van der Waals surface area contributed by atoms with Crippen LogP contribution in [-0.4, -0.2) is 23.1 Å². The van der Waals surface area contributed by atoms with E-state index in [-0.39, 0.29) is 11.3 Å². The Hall–Kier alpha value is -3.03. The lowest BCUT2D eigenvalue weighted by atomic mass is 10.1. The van der Waals surface area contributed by atoms with E-state index in [0.717, 1.165) is 6.07 Å². The van der Waals surface area contributed by atoms with E-state index in [9.17, 15) is 27.9 Å². The molecule has 2 rings (SSSR count). The molecule has 2 aromatic carbocycles. The Morgan fingerprint density at radius 1 is 1.12 bits per heavy atom. The van der Waals surface area contributed by atoms with E-state index in [1.165, 1.54) is 19.1 Å². The number of para-hydroxylation sites is 1. The van der Waals surface area contributed by atoms with Gasteiger partial charge in [-0.05, 0) is 37.6 Å². The fourth-order valence-corrected chi connectivity index (χ4v) is 1.96. The maximum atomic E-state index is 13.5. The second-order valence-corrected chi connectivity index (χ2v) is 5.23. The molecule has 0 radical (unpaired) electrons. The molecule has 0 bridgehead atoms. The molecule has 0 aliphatic carbocycles. The summed E-state index contributed by atoms with van der Waals surface area (Å²) in [5.74, 6) is -6.90. The van der Waals surface area contributed by atoms with Gasteiger partial charge < -0.3 is 15.2 Å². The van der Waals surface area contributed by atoms with Gasteiger partial charge in [-0.15, -0.1) is 0 Å². The first-order valence-electron chi connectivity index (χ1n) is 7.16. The zero-order valence-corrected chi connectivity index (χ0v) is 13.3. The standard InChI is InChI=1S/C17H14F3NO4/c1-8-4-3-5-10(15(8)22)17(24)25-9(2)16(23)21-12-7-6-11(18)13(19)14(12)20/h3-7,9,22H,1-2H3,(H,21,23)/t9-/m0/s1. The molecule has 132 valence electrons. The fourth-order valence-electron chi connectivity index (χ4n) is 1.96. The summed E-state index contributed by atoms with van der Waals surface area (Å²) in [5.41, 5.74) is -0.292. The molecule has 2 aromatic rings. The average Bonchev–Trinajstić information content (AvgIpc) is 2.57. The molecule has 0 aliphatic rings. The predicted octanol–water partition coefficient (Wildman–Crippen LogP) is 3.30. The molecule has 1 amide bonds. The van der Waals surface area contributed by atoms with Crippen molar-refractivity contribution in [2.45, 2.75) is 20.0 Å². The van der Waals surface area contributed by atoms with Gasteiger partial charge in [0.2, 0.25) is 0 Å². The van der Waals surface area contributed by atoms with Crippen LogP contribution in [0.25, 0.3) is 0 Å². The molecule has 1 atom stereocenters. The van der Waals surface area contributed by atoms with Gasteiger partial charge in [-0.3, -0.25) is 4.79 Å². The van der Waals surface area contributed by atoms with Crippen LogP contribution in [0.1, 0.15) is 22.8 Å². The number of phenols is 1. The molecule has 0 saturated carbocycles. The number of phenolic OH excluding ortho intramolecular Hbond substituents is 1. The number of hydrogen-bond donors (Lipinski definition) is 2. The molecule has 0 spiro atoms. The number of carbonyl (C=O) groups is 2. The van der Waals surface area contributed by atoms with Gasteiger partial charge in [0, 0.05) is 0 Å². The smallest absolute Gasteiger partial charge is 0.342 e. The number of benzene rings is 2. The van der Waals surface area contributed by atoms with Gasteiger partial charge in [-0.25, -0.2) is 18.0 Å². The van der Waals surface area contributed by atoms with E-state index < -0.39 is 41.1 Å². The Balaban J connectivity index is 2.09. The second-order valence-electron chi connectivity index (χ2n) is 5.23. The maximum Gasteiger partial charge on any atom is 0.342 e. The van der Waals surface area contributed by atoms with Gasteiger partial charge in [-0.2, -0.15) is 0 Å². The molecule has 0 heterocycles. The molecule has 2 N–H and O–H groups in total. The first-order valence-corrected chi connectivity index (χ1v) is 7.16. The summed E-state index contributed by atoms with van der Waals surface area (Å²) in [6, 6.07) is 5.90. The summed E-state index contributed by atoms with van der Waals surface area (Å²) in [4.78, 5) is 24.0. The van der Waals surface area contributed by atoms with E-state index >= 15 is 0 Å². The number of anilines is 1. The maximum absolute atomic E-state index is 13.5. The van der Waals surface area contributed by atoms with Crippen LogP contribution < -0.4 is 5.32 Å². The van der Waals surface area contributed by atoms with E-state index in [0.29, 0.717) is 11.6 Å². The monoisotopic (exact) mass is 353 g/mol. The molecule has 0 unspecified atom stereocenters. The SMILES string of the molecule is Cc1cccc(C(=O)O[C@@H](C)C(=O)Nc2ccc(F)c(F)c2F)c1O. The molecule has 0 aliphatic heterocycles. The summed E-state index contributed by atoms with van der Waals surface area (Å²) in [6.07, 6.45) is -1.38. The Morgan fingerprint density at radius 3 is 2.48 bits per heavy atom. The molecular formula is C17H14F3NO4. The van der Waals surface area contributed by atoms with Crippen LogP contribution in [0, 0.1) is 24.4 Å². The average molecular weight is 353 g/mol. The van der Waals surface area contributed by atoms with E-state index in [2.05, 4.69) is 0 Å². The number of nitrogens with one attached hydrogen (secondary N) is 1. The molecule has 0 saturated heterocycles. The number of esters is 1. The molecular weight excluding hydrogens is 339 g/mol. The van der Waals surface area contributed by atoms with Crippen LogP contribution in [0.4, 0.5) is 18.9 Å². The minimum absolute atomic E-state index is 0.140. The van der Waals surface area contributed by atoms with Gasteiger partial charge in [-0.1, -0.05) is 12.1 Å². The van der Waals surface area contributed by atoms with Crippen molar-refractivity contribution in [1.29, 1.82) is 0 Å². The number of hydrogen-bond acceptors (Lipinski definition) is 4. The minimum atomic E-state index is -1.73. The lowest BCUT2D eigenvalue weighted by Gasteiger charge is -2.15. The van der Waals surface area contributed by atoms with Crippen LogP contribution >= 0.6 is 0 Å². The fraction of sp³-hybridized carbons (Fsp3) is 0.176. The number of amides is 1. The van der Waals surface area contributed by atoms with Crippen molar-refractivity contribution in [1.82, 2.24) is 0 Å². The lowest BCUT2D eigenvalue weighted by Crippen LogP contribution is -2.30. The van der Waals surface area contributed by atoms with Crippen molar-refractivity contribution in [2.24, 2.45) is 0 Å². The Kier molecular flexibility index (Phi) is 5.31. The third-order valence-electron chi connectivity index (χ3n) is 3.40. The molecule has 5 nitrogen and oxygen atoms in total. The highest BCUT2D eigenvalue weighted by atomic mass is 19.2. The van der Waals surface area contributed by atoms with Crippen molar-refractivity contribution in [3.8, 4) is 5.75 Å². The number of halogens is 3. The summed E-state index contributed by atoms with van der Waals surface area (Å²) >= 11 is 0. The molecule has 8 heteroatoms. The normalized spacial score (nSPS) is 11.7. The third-order valence-corrected chi connectivity index (χ3v) is 3.40. The second kappa shape index (κ2) is 7.25. The first kappa shape index (κ1) is 18.3. The Morgan fingerprint density at radius 2 is 1.80 bits per heavy atom. The van der Waals surface area contributed by atoms with Crippen molar-refractivity contribution in [3.63, 3.8) is 0 Å². The van der Waals surface area contributed by atoms with Crippen molar-refractivity contribution < 1.29 is 32.6 Å². The minimum Gasteiger partial charge on any atom is -0.507 e. The Bertz CT molecular complexity index is 839. The first-order chi connectivity index (χ1) is 11.7. The lowest BCUT2D eigenvalue weighted by molar-refractivity contribution is -0.123. The van der Waals surface area contributed by atoms with Gasteiger partial charge in [0.1, 0.15) is 11.3 Å². The predicted molar refractivity (Wildman–Crippen MR) is 82.7 cm³/mol. The summed E-state index contributed by atoms with van der Waals surface area (Å²) in [7, 11) is 0. The van der Waals surface area contributed by atoms with Gasteiger partial charge in [0.15, 0.2) is 23.6 Å². The zero-order valence-electron chi connectivity index (χ0n) is 13.3. The number of carbonyl (C=O) groups excluding carboxylic acids is 2. The van der Waals surface area contributed by atoms with Crippen LogP contribution in [0.3, 0.4) is 0 Å². The van der Waals surface area contributed by atoms with E-state index in [1.54, 1.807) is 13.0 Å². The number of aromatic hydroxyl groups is 1. The van der Waals surface area contributed by atoms with Gasteiger partial charge in [0.05, 0.1) is 5.69 Å². The highest BCUT2D eigenvalue weighted by Crippen LogP contribution is 2.23. The largest absolute Gasteiger partial charge is 0.507 e. The molecule has 25 heavy (non-hydrogen) atoms. The highest BCUT2D eigenvalue weighted by molar-refractivity contribution is 5.98. The topological polar surface area (TPSA) is 75.6 Å². The highest BCUT2D eigenvalue weighted by Gasteiger charge is 2.23. The Labute approximate surface area is 141 Å². The number of aryl methyl sites for hydroxylation is 1. The summed E-state index contributed by atoms with van der Waals surface area (Å²) in [6.45, 7) is 2.78. The zero-order chi connectivity index (χ0) is 18.7. The van der Waals surface area contributed by atoms with E-state index in [4.69, 9.17) is 4.74 Å². The van der Waals surface area contributed by atoms with Crippen LogP contribution in [0.15, 0.2) is 30.3 Å². The van der Waals surface area contributed by atoms with Crippen molar-refractivity contribution in [3.05, 3.63) is 58.9 Å². The third kappa shape index (κ3) is 3.90. The number of rotatable bonds is 4.